The maximum Gasteiger partial charge on any atom is 0.323 e. The first kappa shape index (κ1) is 14.5. The number of carbonyl (C=O) groups is 1. The molecular weight excluding hydrogens is 254 g/mol. The molecule has 0 aliphatic rings. The quantitative estimate of drug-likeness (QED) is 0.564. The minimum Gasteiger partial charge on any atom is -0.480 e. The van der Waals surface area contributed by atoms with Crippen molar-refractivity contribution in [3.63, 3.8) is 0 Å². The molecule has 0 aromatic carbocycles. The van der Waals surface area contributed by atoms with Crippen LogP contribution in [-0.2, 0) is 4.79 Å². The summed E-state index contributed by atoms with van der Waals surface area (Å²) in [6.07, 6.45) is 1.56. The fraction of sp³-hybridized carbons (Fsp3) is 0.583. The van der Waals surface area contributed by atoms with E-state index in [2.05, 4.69) is 16.8 Å². The Balaban J connectivity index is 2.30. The number of carboxylic acid groups (broad SMARTS) is 1. The van der Waals surface area contributed by atoms with Crippen molar-refractivity contribution in [2.24, 2.45) is 0 Å². The molecule has 1 rings (SSSR count). The maximum absolute atomic E-state index is 11.2. The van der Waals surface area contributed by atoms with Crippen molar-refractivity contribution in [2.45, 2.75) is 36.4 Å². The first-order valence-corrected chi connectivity index (χ1v) is 7.60. The van der Waals surface area contributed by atoms with Crippen molar-refractivity contribution >= 4 is 29.1 Å². The Morgan fingerprint density at radius 2 is 2.41 bits per heavy atom. The molecule has 0 saturated heterocycles. The average molecular weight is 273 g/mol. The Bertz CT molecular complexity index is 340. The summed E-state index contributed by atoms with van der Waals surface area (Å²) in [5.41, 5.74) is -0.787. The molecule has 1 unspecified atom stereocenters. The van der Waals surface area contributed by atoms with Crippen molar-refractivity contribution in [1.82, 2.24) is 5.32 Å². The normalized spacial score (nSPS) is 14.5. The highest BCUT2D eigenvalue weighted by molar-refractivity contribution is 8.01. The second-order valence-corrected chi connectivity index (χ2v) is 6.39. The number of hydrogen-bond acceptors (Lipinski definition) is 4. The monoisotopic (exact) mass is 273 g/mol. The van der Waals surface area contributed by atoms with Gasteiger partial charge in [-0.25, -0.2) is 0 Å². The van der Waals surface area contributed by atoms with E-state index >= 15 is 0 Å². The molecule has 2 N–H and O–H groups in total. The van der Waals surface area contributed by atoms with Crippen LogP contribution in [0.2, 0.25) is 0 Å². The summed E-state index contributed by atoms with van der Waals surface area (Å²) in [6, 6.07) is 4.13. The molecule has 0 aliphatic carbocycles. The molecule has 1 aromatic rings. The van der Waals surface area contributed by atoms with E-state index in [1.54, 1.807) is 30.0 Å². The van der Waals surface area contributed by atoms with Crippen LogP contribution < -0.4 is 5.32 Å². The third-order valence-corrected chi connectivity index (χ3v) is 4.82. The summed E-state index contributed by atoms with van der Waals surface area (Å²) < 4.78 is 1.30. The molecule has 0 radical (unpaired) electrons. The van der Waals surface area contributed by atoms with Crippen LogP contribution in [0.4, 0.5) is 0 Å². The van der Waals surface area contributed by atoms with Gasteiger partial charge in [0, 0.05) is 0 Å². The Morgan fingerprint density at radius 1 is 1.65 bits per heavy atom. The van der Waals surface area contributed by atoms with Gasteiger partial charge < -0.3 is 10.4 Å². The van der Waals surface area contributed by atoms with Crippen LogP contribution in [0.25, 0.3) is 0 Å². The van der Waals surface area contributed by atoms with Gasteiger partial charge in [-0.2, -0.15) is 0 Å². The van der Waals surface area contributed by atoms with Gasteiger partial charge >= 0.3 is 5.97 Å². The van der Waals surface area contributed by atoms with E-state index in [4.69, 9.17) is 0 Å². The van der Waals surface area contributed by atoms with Crippen LogP contribution in [0.1, 0.15) is 26.7 Å². The number of rotatable bonds is 8. The highest BCUT2D eigenvalue weighted by Crippen LogP contribution is 2.25. The fourth-order valence-electron chi connectivity index (χ4n) is 1.61. The Morgan fingerprint density at radius 3 is 2.94 bits per heavy atom. The van der Waals surface area contributed by atoms with E-state index in [1.165, 1.54) is 4.21 Å². The van der Waals surface area contributed by atoms with Crippen molar-refractivity contribution in [1.29, 1.82) is 0 Å². The lowest BCUT2D eigenvalue weighted by Gasteiger charge is -2.25. The van der Waals surface area contributed by atoms with Crippen LogP contribution in [0.5, 0.6) is 0 Å². The van der Waals surface area contributed by atoms with Crippen LogP contribution >= 0.6 is 23.1 Å². The minimum absolute atomic E-state index is 0.661. The zero-order valence-electron chi connectivity index (χ0n) is 10.2. The van der Waals surface area contributed by atoms with Gasteiger partial charge in [0.25, 0.3) is 0 Å². The molecule has 0 fully saturated rings. The van der Waals surface area contributed by atoms with Crippen molar-refractivity contribution in [2.75, 3.05) is 12.3 Å². The molecule has 1 heterocycles. The lowest BCUT2D eigenvalue weighted by Crippen LogP contribution is -2.49. The number of carboxylic acids is 1. The Labute approximate surface area is 111 Å². The van der Waals surface area contributed by atoms with E-state index in [9.17, 15) is 9.90 Å². The molecular formula is C12H19NO2S2. The van der Waals surface area contributed by atoms with Gasteiger partial charge in [0.1, 0.15) is 5.54 Å². The van der Waals surface area contributed by atoms with Crippen molar-refractivity contribution in [3.8, 4) is 0 Å². The summed E-state index contributed by atoms with van der Waals surface area (Å²) in [7, 11) is 0. The predicted octanol–water partition coefficient (Wildman–Crippen LogP) is 3.07. The Kier molecular flexibility index (Phi) is 6.02. The van der Waals surface area contributed by atoms with Crippen LogP contribution in [-0.4, -0.2) is 28.9 Å². The van der Waals surface area contributed by atoms with Gasteiger partial charge in [-0.3, -0.25) is 4.79 Å². The van der Waals surface area contributed by atoms with Crippen LogP contribution in [0.15, 0.2) is 21.7 Å². The van der Waals surface area contributed by atoms with Gasteiger partial charge in [0.05, 0.1) is 4.21 Å². The smallest absolute Gasteiger partial charge is 0.323 e. The summed E-state index contributed by atoms with van der Waals surface area (Å²) in [5, 5.41) is 14.3. The Hall–Kier alpha value is -0.520. The molecule has 0 aliphatic heterocycles. The van der Waals surface area contributed by atoms with Crippen LogP contribution in [0, 0.1) is 0 Å². The number of aliphatic carboxylic acids is 1. The fourth-order valence-corrected chi connectivity index (χ4v) is 3.41. The molecule has 1 atom stereocenters. The third kappa shape index (κ3) is 4.69. The van der Waals surface area contributed by atoms with E-state index in [0.29, 0.717) is 13.0 Å². The number of hydrogen-bond donors (Lipinski definition) is 2. The number of likely N-dealkylation sites (N-methyl/N-ethyl adjacent to an activating group) is 1. The molecule has 0 saturated carbocycles. The topological polar surface area (TPSA) is 49.3 Å². The van der Waals surface area contributed by atoms with Crippen molar-refractivity contribution in [3.05, 3.63) is 17.5 Å². The van der Waals surface area contributed by atoms with Gasteiger partial charge in [-0.1, -0.05) is 13.0 Å². The lowest BCUT2D eigenvalue weighted by molar-refractivity contribution is -0.144. The maximum atomic E-state index is 11.2. The lowest BCUT2D eigenvalue weighted by atomic mass is 9.96. The summed E-state index contributed by atoms with van der Waals surface area (Å²) in [4.78, 5) is 11.2. The van der Waals surface area contributed by atoms with E-state index in [0.717, 1.165) is 12.2 Å². The molecule has 0 bridgehead atoms. The first-order valence-electron chi connectivity index (χ1n) is 5.73. The zero-order chi connectivity index (χ0) is 12.7. The molecule has 96 valence electrons. The third-order valence-electron chi connectivity index (χ3n) is 2.60. The van der Waals surface area contributed by atoms with Gasteiger partial charge in [0.15, 0.2) is 0 Å². The zero-order valence-corrected chi connectivity index (χ0v) is 11.9. The van der Waals surface area contributed by atoms with Gasteiger partial charge in [-0.15, -0.1) is 23.1 Å². The summed E-state index contributed by atoms with van der Waals surface area (Å²) in [5.74, 6) is 0.204. The second-order valence-electron chi connectivity index (χ2n) is 4.05. The minimum atomic E-state index is -0.787. The number of thiophene rings is 1. The SMILES string of the molecule is CCNC(C)(CCCSc1cccs1)C(=O)O. The molecule has 1 aromatic heterocycles. The van der Waals surface area contributed by atoms with E-state index < -0.39 is 11.5 Å². The predicted molar refractivity (Wildman–Crippen MR) is 74.0 cm³/mol. The van der Waals surface area contributed by atoms with Gasteiger partial charge in [0.2, 0.25) is 0 Å². The molecule has 17 heavy (non-hydrogen) atoms. The standard InChI is InChI=1S/C12H19NO2S2/c1-3-13-12(2,11(14)15)7-5-9-17-10-6-4-8-16-10/h4,6,8,13H,3,5,7,9H2,1-2H3,(H,14,15). The second kappa shape index (κ2) is 7.03. The van der Waals surface area contributed by atoms with Crippen molar-refractivity contribution < 1.29 is 9.90 Å². The summed E-state index contributed by atoms with van der Waals surface area (Å²) >= 11 is 3.52. The van der Waals surface area contributed by atoms with Gasteiger partial charge in [-0.05, 0) is 43.5 Å². The average Bonchev–Trinajstić information content (AvgIpc) is 2.77. The highest BCUT2D eigenvalue weighted by atomic mass is 32.2. The van der Waals surface area contributed by atoms with Crippen LogP contribution in [0.3, 0.4) is 0 Å². The molecule has 0 amide bonds. The molecule has 0 spiro atoms. The number of thioether (sulfide) groups is 1. The van der Waals surface area contributed by atoms with E-state index in [1.807, 2.05) is 13.0 Å². The number of nitrogens with one attached hydrogen (secondary N) is 1. The summed E-state index contributed by atoms with van der Waals surface area (Å²) in [6.45, 7) is 4.37. The largest absolute Gasteiger partial charge is 0.480 e. The van der Waals surface area contributed by atoms with E-state index in [-0.39, 0.29) is 0 Å². The first-order chi connectivity index (χ1) is 8.08. The molecule has 3 nitrogen and oxygen atoms in total. The molecule has 5 heteroatoms. The highest BCUT2D eigenvalue weighted by Gasteiger charge is 2.30.